The number of hydrogen-bond acceptors (Lipinski definition) is 3. The number of hydrogen-bond donors (Lipinski definition) is 1. The van der Waals surface area contributed by atoms with Gasteiger partial charge in [0.25, 0.3) is 0 Å². The maximum absolute atomic E-state index is 12.7. The molecule has 0 radical (unpaired) electrons. The highest BCUT2D eigenvalue weighted by Crippen LogP contribution is 2.67. The Morgan fingerprint density at radius 1 is 1.29 bits per heavy atom. The van der Waals surface area contributed by atoms with Crippen LogP contribution < -0.4 is 0 Å². The predicted octanol–water partition coefficient (Wildman–Crippen LogP) is 4.05. The summed E-state index contributed by atoms with van der Waals surface area (Å²) in [4.78, 5) is 20.7. The normalized spacial score (nSPS) is 34.0. The Balaban J connectivity index is 1.70. The lowest BCUT2D eigenvalue weighted by Crippen LogP contribution is -2.35. The number of rotatable bonds is 2. The fourth-order valence-corrected chi connectivity index (χ4v) is 5.78. The predicted molar refractivity (Wildman–Crippen MR) is 85.4 cm³/mol. The molecule has 0 saturated heterocycles. The molecular formula is C17H20N2OS. The monoisotopic (exact) mass is 300 g/mol. The van der Waals surface area contributed by atoms with Gasteiger partial charge in [0, 0.05) is 5.92 Å². The highest BCUT2D eigenvalue weighted by molar-refractivity contribution is 8.00. The fraction of sp³-hybridized carbons (Fsp3) is 0.529. The number of aromatic amines is 1. The number of thioether (sulfide) groups is 1. The zero-order valence-corrected chi connectivity index (χ0v) is 13.5. The molecule has 4 rings (SSSR count). The van der Waals surface area contributed by atoms with Crippen molar-refractivity contribution in [3.8, 4) is 0 Å². The molecule has 110 valence electrons. The van der Waals surface area contributed by atoms with Gasteiger partial charge in [0.2, 0.25) is 0 Å². The smallest absolute Gasteiger partial charge is 0.167 e. The summed E-state index contributed by atoms with van der Waals surface area (Å²) in [5.74, 6) is 0.656. The van der Waals surface area contributed by atoms with Crippen molar-refractivity contribution < 1.29 is 4.79 Å². The molecular weight excluding hydrogens is 280 g/mol. The van der Waals surface area contributed by atoms with Crippen LogP contribution in [0, 0.1) is 16.7 Å². The number of aromatic nitrogens is 2. The van der Waals surface area contributed by atoms with E-state index in [1.807, 2.05) is 24.3 Å². The fourth-order valence-electron chi connectivity index (χ4n) is 4.27. The number of Topliss-reactive ketones (excluding diaryl/α,β-unsaturated/α-hetero) is 1. The number of nitrogens with zero attached hydrogens (tertiary/aromatic N) is 1. The minimum Gasteiger partial charge on any atom is -0.333 e. The van der Waals surface area contributed by atoms with E-state index in [2.05, 4.69) is 30.7 Å². The first kappa shape index (κ1) is 13.4. The maximum atomic E-state index is 12.7. The van der Waals surface area contributed by atoms with Crippen molar-refractivity contribution >= 4 is 28.6 Å². The SMILES string of the molecule is CC1(C)C2CCC1(C)C(Sc1nc3ccccc3[nH]1)C2=O. The van der Waals surface area contributed by atoms with Gasteiger partial charge in [-0.25, -0.2) is 4.98 Å². The van der Waals surface area contributed by atoms with Crippen LogP contribution in [0.15, 0.2) is 29.4 Å². The van der Waals surface area contributed by atoms with E-state index in [-0.39, 0.29) is 22.0 Å². The molecule has 3 unspecified atom stereocenters. The topological polar surface area (TPSA) is 45.8 Å². The Morgan fingerprint density at radius 2 is 2.05 bits per heavy atom. The van der Waals surface area contributed by atoms with Gasteiger partial charge in [-0.1, -0.05) is 44.7 Å². The third kappa shape index (κ3) is 1.62. The van der Waals surface area contributed by atoms with Crippen molar-refractivity contribution in [3.63, 3.8) is 0 Å². The van der Waals surface area contributed by atoms with E-state index in [1.165, 1.54) is 0 Å². The second-order valence-corrected chi connectivity index (χ2v) is 8.28. The third-order valence-electron chi connectivity index (χ3n) is 6.07. The molecule has 4 heteroatoms. The first-order valence-electron chi connectivity index (χ1n) is 7.59. The van der Waals surface area contributed by atoms with Gasteiger partial charge in [0.05, 0.1) is 16.3 Å². The van der Waals surface area contributed by atoms with Gasteiger partial charge >= 0.3 is 0 Å². The zero-order chi connectivity index (χ0) is 14.8. The van der Waals surface area contributed by atoms with Crippen molar-refractivity contribution in [2.75, 3.05) is 0 Å². The van der Waals surface area contributed by atoms with E-state index in [9.17, 15) is 4.79 Å². The molecule has 2 aliphatic rings. The summed E-state index contributed by atoms with van der Waals surface area (Å²) in [6.07, 6.45) is 2.20. The molecule has 3 atom stereocenters. The number of carbonyl (C=O) groups is 1. The van der Waals surface area contributed by atoms with Gasteiger partial charge in [-0.15, -0.1) is 0 Å². The van der Waals surface area contributed by atoms with Crippen LogP contribution in [0.2, 0.25) is 0 Å². The first-order valence-corrected chi connectivity index (χ1v) is 8.46. The van der Waals surface area contributed by atoms with E-state index in [4.69, 9.17) is 0 Å². The number of H-pyrrole nitrogens is 1. The second-order valence-electron chi connectivity index (χ2n) is 7.19. The van der Waals surface area contributed by atoms with Crippen LogP contribution in [0.4, 0.5) is 0 Å². The van der Waals surface area contributed by atoms with E-state index < -0.39 is 0 Å². The van der Waals surface area contributed by atoms with Gasteiger partial charge in [0.1, 0.15) is 5.78 Å². The quantitative estimate of drug-likeness (QED) is 0.910. The molecule has 2 fully saturated rings. The van der Waals surface area contributed by atoms with Gasteiger partial charge in [-0.05, 0) is 35.8 Å². The van der Waals surface area contributed by atoms with Crippen LogP contribution in [0.3, 0.4) is 0 Å². The molecule has 2 aromatic rings. The first-order chi connectivity index (χ1) is 9.93. The minimum absolute atomic E-state index is 0.0341. The van der Waals surface area contributed by atoms with Gasteiger partial charge < -0.3 is 4.98 Å². The summed E-state index contributed by atoms with van der Waals surface area (Å²) >= 11 is 1.63. The average molecular weight is 300 g/mol. The number of ketones is 1. The summed E-state index contributed by atoms with van der Waals surface area (Å²) < 4.78 is 0. The van der Waals surface area contributed by atoms with Crippen molar-refractivity contribution in [1.82, 2.24) is 9.97 Å². The Labute approximate surface area is 128 Å². The average Bonchev–Trinajstić information content (AvgIpc) is 2.98. The molecule has 3 nitrogen and oxygen atoms in total. The molecule has 1 N–H and O–H groups in total. The van der Waals surface area contributed by atoms with E-state index >= 15 is 0 Å². The Morgan fingerprint density at radius 3 is 2.71 bits per heavy atom. The van der Waals surface area contributed by atoms with Crippen molar-refractivity contribution in [2.24, 2.45) is 16.7 Å². The van der Waals surface area contributed by atoms with Gasteiger partial charge in [0.15, 0.2) is 5.16 Å². The second kappa shape index (κ2) is 4.13. The van der Waals surface area contributed by atoms with Gasteiger partial charge in [-0.3, -0.25) is 4.79 Å². The number of benzene rings is 1. The van der Waals surface area contributed by atoms with E-state index in [0.29, 0.717) is 5.78 Å². The molecule has 1 aromatic carbocycles. The Hall–Kier alpha value is -1.29. The molecule has 2 saturated carbocycles. The van der Waals surface area contributed by atoms with Crippen LogP contribution in [0.1, 0.15) is 33.6 Å². The maximum Gasteiger partial charge on any atom is 0.167 e. The van der Waals surface area contributed by atoms with Crippen LogP contribution >= 0.6 is 11.8 Å². The Bertz CT molecular complexity index is 702. The number of fused-ring (bicyclic) bond motifs is 3. The molecule has 0 aliphatic heterocycles. The van der Waals surface area contributed by atoms with Crippen LogP contribution in [-0.2, 0) is 4.79 Å². The van der Waals surface area contributed by atoms with Crippen molar-refractivity contribution in [2.45, 2.75) is 44.0 Å². The minimum atomic E-state index is 0.0341. The highest BCUT2D eigenvalue weighted by Gasteiger charge is 2.66. The standard InChI is InChI=1S/C17H20N2OS/c1-16(2)10-8-9-17(16,3)14(13(10)20)21-15-18-11-6-4-5-7-12(11)19-15/h4-7,10,14H,8-9H2,1-3H3,(H,18,19). The molecule has 0 amide bonds. The lowest BCUT2D eigenvalue weighted by Gasteiger charge is -2.37. The molecule has 2 aliphatic carbocycles. The van der Waals surface area contributed by atoms with Crippen LogP contribution in [0.5, 0.6) is 0 Å². The third-order valence-corrected chi connectivity index (χ3v) is 7.48. The van der Waals surface area contributed by atoms with Crippen molar-refractivity contribution in [3.05, 3.63) is 24.3 Å². The zero-order valence-electron chi connectivity index (χ0n) is 12.6. The van der Waals surface area contributed by atoms with Crippen LogP contribution in [0.25, 0.3) is 11.0 Å². The number of para-hydroxylation sites is 2. The summed E-state index contributed by atoms with van der Waals surface area (Å²) in [6, 6.07) is 8.03. The number of carbonyl (C=O) groups excluding carboxylic acids is 1. The molecule has 21 heavy (non-hydrogen) atoms. The summed E-state index contributed by atoms with van der Waals surface area (Å²) in [5.41, 5.74) is 2.20. The summed E-state index contributed by atoms with van der Waals surface area (Å²) in [7, 11) is 0. The molecule has 1 heterocycles. The molecule has 1 aromatic heterocycles. The van der Waals surface area contributed by atoms with E-state index in [1.54, 1.807) is 11.8 Å². The highest BCUT2D eigenvalue weighted by atomic mass is 32.2. The summed E-state index contributed by atoms with van der Waals surface area (Å²) in [6.45, 7) is 6.82. The summed E-state index contributed by atoms with van der Waals surface area (Å²) in [5, 5.41) is 0.908. The van der Waals surface area contributed by atoms with Crippen molar-refractivity contribution in [1.29, 1.82) is 0 Å². The lowest BCUT2D eigenvalue weighted by molar-refractivity contribution is -0.122. The lowest BCUT2D eigenvalue weighted by atomic mass is 9.71. The number of imidazole rings is 1. The Kier molecular flexibility index (Phi) is 2.63. The van der Waals surface area contributed by atoms with Gasteiger partial charge in [-0.2, -0.15) is 0 Å². The van der Waals surface area contributed by atoms with E-state index in [0.717, 1.165) is 29.0 Å². The largest absolute Gasteiger partial charge is 0.333 e. The molecule has 0 spiro atoms. The van der Waals surface area contributed by atoms with Crippen LogP contribution in [-0.4, -0.2) is 21.0 Å². The molecule has 2 bridgehead atoms. The number of nitrogens with one attached hydrogen (secondary N) is 1.